The molecule has 0 fully saturated rings. The molecule has 1 aromatic heterocycles. The lowest BCUT2D eigenvalue weighted by atomic mass is 10.1. The number of anilines is 1. The van der Waals surface area contributed by atoms with E-state index in [9.17, 15) is 14.0 Å². The van der Waals surface area contributed by atoms with Crippen LogP contribution in [-0.2, 0) is 13.1 Å². The molecule has 2 amide bonds. The predicted molar refractivity (Wildman–Crippen MR) is 129 cm³/mol. The summed E-state index contributed by atoms with van der Waals surface area (Å²) in [5, 5.41) is 10.2. The summed E-state index contributed by atoms with van der Waals surface area (Å²) in [5.41, 5.74) is 5.38. The zero-order valence-corrected chi connectivity index (χ0v) is 19.0. The Balaban J connectivity index is 1.37. The summed E-state index contributed by atoms with van der Waals surface area (Å²) >= 11 is 0. The summed E-state index contributed by atoms with van der Waals surface area (Å²) in [6.45, 7) is 4.86. The van der Waals surface area contributed by atoms with Crippen molar-refractivity contribution in [2.75, 3.05) is 5.32 Å². The van der Waals surface area contributed by atoms with Crippen molar-refractivity contribution in [3.05, 3.63) is 118 Å². The predicted octanol–water partition coefficient (Wildman–Crippen LogP) is 4.87. The Morgan fingerprint density at radius 1 is 0.853 bits per heavy atom. The summed E-state index contributed by atoms with van der Waals surface area (Å²) in [6.07, 6.45) is 0. The largest absolute Gasteiger partial charge is 0.348 e. The van der Waals surface area contributed by atoms with Crippen LogP contribution in [0.25, 0.3) is 0 Å². The highest BCUT2D eigenvalue weighted by Gasteiger charge is 2.10. The summed E-state index contributed by atoms with van der Waals surface area (Å²) < 4.78 is 15.0. The van der Waals surface area contributed by atoms with Gasteiger partial charge in [0.25, 0.3) is 11.8 Å². The van der Waals surface area contributed by atoms with Crippen molar-refractivity contribution in [3.63, 3.8) is 0 Å². The van der Waals surface area contributed by atoms with Crippen LogP contribution in [0, 0.1) is 19.7 Å². The van der Waals surface area contributed by atoms with Gasteiger partial charge >= 0.3 is 0 Å². The third-order valence-corrected chi connectivity index (χ3v) is 5.37. The van der Waals surface area contributed by atoms with Crippen molar-refractivity contribution in [3.8, 4) is 0 Å². The van der Waals surface area contributed by atoms with Crippen LogP contribution in [0.1, 0.15) is 43.2 Å². The molecule has 34 heavy (non-hydrogen) atoms. The van der Waals surface area contributed by atoms with E-state index in [2.05, 4.69) is 15.7 Å². The number of aromatic nitrogens is 2. The average molecular weight is 457 g/mol. The lowest BCUT2D eigenvalue weighted by Gasteiger charge is -2.10. The average Bonchev–Trinajstić information content (AvgIpc) is 3.14. The van der Waals surface area contributed by atoms with Crippen LogP contribution in [0.4, 0.5) is 10.1 Å². The molecule has 0 saturated heterocycles. The van der Waals surface area contributed by atoms with Crippen LogP contribution in [0.15, 0.2) is 78.9 Å². The van der Waals surface area contributed by atoms with Gasteiger partial charge in [-0.1, -0.05) is 24.3 Å². The molecule has 7 heteroatoms. The highest BCUT2D eigenvalue weighted by molar-refractivity contribution is 6.04. The maximum absolute atomic E-state index is 13.1. The quantitative estimate of drug-likeness (QED) is 0.417. The Morgan fingerprint density at radius 2 is 1.59 bits per heavy atom. The molecule has 0 bridgehead atoms. The van der Waals surface area contributed by atoms with Crippen molar-refractivity contribution in [2.45, 2.75) is 26.9 Å². The van der Waals surface area contributed by atoms with Gasteiger partial charge in [0.15, 0.2) is 0 Å². The normalized spacial score (nSPS) is 10.7. The van der Waals surface area contributed by atoms with Crippen molar-refractivity contribution in [1.82, 2.24) is 15.1 Å². The molecule has 172 valence electrons. The first-order valence-corrected chi connectivity index (χ1v) is 10.9. The summed E-state index contributed by atoms with van der Waals surface area (Å²) in [6, 6.07) is 22.1. The number of hydrogen-bond acceptors (Lipinski definition) is 3. The van der Waals surface area contributed by atoms with Crippen LogP contribution in [0.5, 0.6) is 0 Å². The number of rotatable bonds is 7. The Kier molecular flexibility index (Phi) is 6.82. The van der Waals surface area contributed by atoms with Crippen molar-refractivity contribution in [2.24, 2.45) is 0 Å². The molecule has 1 heterocycles. The lowest BCUT2D eigenvalue weighted by Crippen LogP contribution is -2.23. The fourth-order valence-corrected chi connectivity index (χ4v) is 3.67. The van der Waals surface area contributed by atoms with Crippen molar-refractivity contribution in [1.29, 1.82) is 0 Å². The van der Waals surface area contributed by atoms with Crippen LogP contribution >= 0.6 is 0 Å². The summed E-state index contributed by atoms with van der Waals surface area (Å²) in [4.78, 5) is 25.1. The smallest absolute Gasteiger partial charge is 0.255 e. The van der Waals surface area contributed by atoms with Gasteiger partial charge in [0.1, 0.15) is 5.82 Å². The standard InChI is InChI=1S/C27H25FN4O2/c1-18-13-19(2)32(31-18)17-21-6-3-7-23(14-21)26(33)29-16-20-5-4-8-25(15-20)30-27(34)22-9-11-24(28)12-10-22/h3-15H,16-17H2,1-2H3,(H,29,33)(H,30,34). The molecule has 4 aromatic rings. The molecule has 0 aliphatic rings. The number of amides is 2. The molecule has 0 unspecified atom stereocenters. The third kappa shape index (κ3) is 5.75. The maximum Gasteiger partial charge on any atom is 0.255 e. The first kappa shape index (κ1) is 22.9. The van der Waals surface area contributed by atoms with Gasteiger partial charge in [0, 0.05) is 29.1 Å². The summed E-state index contributed by atoms with van der Waals surface area (Å²) in [7, 11) is 0. The van der Waals surface area contributed by atoms with Crippen LogP contribution in [-0.4, -0.2) is 21.6 Å². The Morgan fingerprint density at radius 3 is 2.32 bits per heavy atom. The maximum atomic E-state index is 13.1. The topological polar surface area (TPSA) is 76.0 Å². The van der Waals surface area contributed by atoms with Gasteiger partial charge in [-0.25, -0.2) is 4.39 Å². The van der Waals surface area contributed by atoms with Gasteiger partial charge in [-0.3, -0.25) is 14.3 Å². The van der Waals surface area contributed by atoms with Crippen molar-refractivity contribution < 1.29 is 14.0 Å². The second-order valence-corrected chi connectivity index (χ2v) is 8.13. The van der Waals surface area contributed by atoms with Gasteiger partial charge in [-0.05, 0) is 79.6 Å². The molecule has 3 aromatic carbocycles. The first-order chi connectivity index (χ1) is 16.4. The molecule has 4 rings (SSSR count). The Hall–Kier alpha value is -4.26. The molecule has 0 saturated carbocycles. The van der Waals surface area contributed by atoms with E-state index in [1.54, 1.807) is 24.3 Å². The van der Waals surface area contributed by atoms with Crippen LogP contribution in [0.3, 0.4) is 0 Å². The van der Waals surface area contributed by atoms with Crippen LogP contribution < -0.4 is 10.6 Å². The molecular formula is C27H25FN4O2. The molecule has 0 aliphatic carbocycles. The molecule has 0 spiro atoms. The van der Waals surface area contributed by atoms with E-state index < -0.39 is 5.82 Å². The molecule has 6 nitrogen and oxygen atoms in total. The number of nitrogens with one attached hydrogen (secondary N) is 2. The number of benzene rings is 3. The summed E-state index contributed by atoms with van der Waals surface area (Å²) in [5.74, 6) is -0.914. The fourth-order valence-electron chi connectivity index (χ4n) is 3.67. The van der Waals surface area contributed by atoms with Crippen LogP contribution in [0.2, 0.25) is 0 Å². The molecule has 2 N–H and O–H groups in total. The number of halogens is 1. The first-order valence-electron chi connectivity index (χ1n) is 10.9. The van der Waals surface area contributed by atoms with Gasteiger partial charge in [-0.2, -0.15) is 5.10 Å². The van der Waals surface area contributed by atoms with E-state index in [1.165, 1.54) is 24.3 Å². The second kappa shape index (κ2) is 10.1. The molecular weight excluding hydrogens is 431 g/mol. The Bertz CT molecular complexity index is 1330. The molecule has 0 atom stereocenters. The van der Waals surface area contributed by atoms with Gasteiger partial charge in [0.2, 0.25) is 0 Å². The van der Waals surface area contributed by atoms with Gasteiger partial charge < -0.3 is 10.6 Å². The third-order valence-electron chi connectivity index (χ3n) is 5.37. The number of carbonyl (C=O) groups excluding carboxylic acids is 2. The van der Waals surface area contributed by atoms with E-state index >= 15 is 0 Å². The van der Waals surface area contributed by atoms with Gasteiger partial charge in [0.05, 0.1) is 12.2 Å². The number of nitrogens with zero attached hydrogens (tertiary/aromatic N) is 2. The zero-order chi connectivity index (χ0) is 24.1. The zero-order valence-electron chi connectivity index (χ0n) is 19.0. The Labute approximate surface area is 197 Å². The van der Waals surface area contributed by atoms with E-state index in [-0.39, 0.29) is 11.8 Å². The fraction of sp³-hybridized carbons (Fsp3) is 0.148. The van der Waals surface area contributed by atoms with E-state index in [0.29, 0.717) is 29.9 Å². The monoisotopic (exact) mass is 456 g/mol. The van der Waals surface area contributed by atoms with Crippen molar-refractivity contribution >= 4 is 17.5 Å². The minimum Gasteiger partial charge on any atom is -0.348 e. The minimum absolute atomic E-state index is 0.184. The molecule has 0 aliphatic heterocycles. The number of carbonyl (C=O) groups is 2. The second-order valence-electron chi connectivity index (χ2n) is 8.13. The lowest BCUT2D eigenvalue weighted by molar-refractivity contribution is 0.0949. The molecule has 0 radical (unpaired) electrons. The van der Waals surface area contributed by atoms with E-state index in [1.807, 2.05) is 48.9 Å². The number of aryl methyl sites for hydroxylation is 2. The van der Waals surface area contributed by atoms with E-state index in [4.69, 9.17) is 0 Å². The highest BCUT2D eigenvalue weighted by atomic mass is 19.1. The number of hydrogen-bond donors (Lipinski definition) is 2. The van der Waals surface area contributed by atoms with Gasteiger partial charge in [-0.15, -0.1) is 0 Å². The minimum atomic E-state index is -0.397. The SMILES string of the molecule is Cc1cc(C)n(Cc2cccc(C(=O)NCc3cccc(NC(=O)c4ccc(F)cc4)c3)c2)n1. The highest BCUT2D eigenvalue weighted by Crippen LogP contribution is 2.14. The van der Waals surface area contributed by atoms with E-state index in [0.717, 1.165) is 22.5 Å².